The van der Waals surface area contributed by atoms with Gasteiger partial charge in [-0.25, -0.2) is 4.39 Å². The lowest BCUT2D eigenvalue weighted by Gasteiger charge is -1.99. The van der Waals surface area contributed by atoms with E-state index >= 15 is 0 Å². The number of benzene rings is 1. The van der Waals surface area contributed by atoms with Crippen molar-refractivity contribution in [1.82, 2.24) is 0 Å². The van der Waals surface area contributed by atoms with Crippen molar-refractivity contribution in [2.24, 2.45) is 0 Å². The molecule has 0 N–H and O–H groups in total. The van der Waals surface area contributed by atoms with Crippen LogP contribution in [0.1, 0.15) is 44.1 Å². The van der Waals surface area contributed by atoms with Gasteiger partial charge in [0, 0.05) is 18.8 Å². The molecule has 0 radical (unpaired) electrons. The summed E-state index contributed by atoms with van der Waals surface area (Å²) >= 11 is 0. The van der Waals surface area contributed by atoms with Crippen molar-refractivity contribution in [3.8, 4) is 11.8 Å². The topological polar surface area (TPSA) is 0 Å². The average Bonchev–Trinajstić information content (AvgIpc) is 2.99. The van der Waals surface area contributed by atoms with Crippen LogP contribution >= 0.6 is 0 Å². The second-order valence-electron chi connectivity index (χ2n) is 4.44. The third kappa shape index (κ3) is 2.44. The zero-order valence-corrected chi connectivity index (χ0v) is 9.67. The SMILES string of the molecule is CCCCC#CC1(F)CC1c1ccccc1. The summed E-state index contributed by atoms with van der Waals surface area (Å²) < 4.78 is 14.1. The minimum Gasteiger partial charge on any atom is -0.229 e. The van der Waals surface area contributed by atoms with Crippen molar-refractivity contribution in [1.29, 1.82) is 0 Å². The Balaban J connectivity index is 1.95. The van der Waals surface area contributed by atoms with Gasteiger partial charge in [-0.1, -0.05) is 55.5 Å². The van der Waals surface area contributed by atoms with Crippen LogP contribution in [0, 0.1) is 11.8 Å². The Bertz CT molecular complexity index is 398. The highest BCUT2D eigenvalue weighted by molar-refractivity contribution is 5.39. The van der Waals surface area contributed by atoms with E-state index in [1.807, 2.05) is 30.3 Å². The van der Waals surface area contributed by atoms with E-state index in [4.69, 9.17) is 0 Å². The lowest BCUT2D eigenvalue weighted by atomic mass is 10.1. The van der Waals surface area contributed by atoms with Crippen molar-refractivity contribution in [2.45, 2.75) is 44.2 Å². The maximum absolute atomic E-state index is 14.1. The molecule has 0 spiro atoms. The van der Waals surface area contributed by atoms with Crippen molar-refractivity contribution in [3.63, 3.8) is 0 Å². The molecule has 16 heavy (non-hydrogen) atoms. The Morgan fingerprint density at radius 3 is 2.81 bits per heavy atom. The molecule has 0 aliphatic heterocycles. The zero-order chi connectivity index (χ0) is 11.4. The third-order valence-electron chi connectivity index (χ3n) is 3.05. The Morgan fingerprint density at radius 1 is 1.38 bits per heavy atom. The molecule has 2 unspecified atom stereocenters. The van der Waals surface area contributed by atoms with Gasteiger partial charge in [-0.05, 0) is 12.0 Å². The van der Waals surface area contributed by atoms with E-state index in [0.717, 1.165) is 24.8 Å². The van der Waals surface area contributed by atoms with Gasteiger partial charge in [0.15, 0.2) is 5.67 Å². The average molecular weight is 216 g/mol. The van der Waals surface area contributed by atoms with E-state index in [9.17, 15) is 4.39 Å². The smallest absolute Gasteiger partial charge is 0.178 e. The van der Waals surface area contributed by atoms with Gasteiger partial charge in [-0.2, -0.15) is 0 Å². The molecule has 1 aromatic carbocycles. The predicted molar refractivity (Wildman–Crippen MR) is 64.9 cm³/mol. The van der Waals surface area contributed by atoms with Gasteiger partial charge in [-0.15, -0.1) is 0 Å². The van der Waals surface area contributed by atoms with E-state index in [0.29, 0.717) is 6.42 Å². The van der Waals surface area contributed by atoms with Crippen LogP contribution in [0.4, 0.5) is 4.39 Å². The van der Waals surface area contributed by atoms with Crippen LogP contribution in [0.15, 0.2) is 30.3 Å². The highest BCUT2D eigenvalue weighted by Crippen LogP contribution is 2.54. The van der Waals surface area contributed by atoms with Crippen molar-refractivity contribution in [2.75, 3.05) is 0 Å². The predicted octanol–water partition coefficient (Wildman–Crippen LogP) is 4.08. The van der Waals surface area contributed by atoms with Gasteiger partial charge >= 0.3 is 0 Å². The molecular formula is C15H17F. The van der Waals surface area contributed by atoms with Crippen LogP contribution in [0.25, 0.3) is 0 Å². The molecule has 0 aromatic heterocycles. The Labute approximate surface area is 96.9 Å². The first-order chi connectivity index (χ1) is 7.76. The third-order valence-corrected chi connectivity index (χ3v) is 3.05. The molecule has 1 saturated carbocycles. The summed E-state index contributed by atoms with van der Waals surface area (Å²) in [6.45, 7) is 2.12. The number of halogens is 1. The van der Waals surface area contributed by atoms with Gasteiger partial charge in [0.05, 0.1) is 0 Å². The Hall–Kier alpha value is -1.29. The van der Waals surface area contributed by atoms with Crippen LogP contribution in [-0.4, -0.2) is 5.67 Å². The van der Waals surface area contributed by atoms with Gasteiger partial charge in [0.2, 0.25) is 0 Å². The maximum Gasteiger partial charge on any atom is 0.178 e. The van der Waals surface area contributed by atoms with E-state index < -0.39 is 5.67 Å². The standard InChI is InChI=1S/C15H17F/c1-2-3-4-8-11-15(16)12-14(15)13-9-6-5-7-10-13/h5-7,9-10,14H,2-4,12H2,1H3. The normalized spacial score (nSPS) is 27.0. The molecule has 1 heteroatoms. The molecule has 1 aliphatic carbocycles. The first-order valence-electron chi connectivity index (χ1n) is 6.00. The summed E-state index contributed by atoms with van der Waals surface area (Å²) in [5, 5.41) is 0. The van der Waals surface area contributed by atoms with Crippen LogP contribution in [-0.2, 0) is 0 Å². The Kier molecular flexibility index (Phi) is 3.29. The molecule has 84 valence electrons. The highest BCUT2D eigenvalue weighted by atomic mass is 19.1. The molecule has 2 rings (SSSR count). The quantitative estimate of drug-likeness (QED) is 0.527. The molecule has 2 atom stereocenters. The summed E-state index contributed by atoms with van der Waals surface area (Å²) in [5.41, 5.74) is -0.162. The molecule has 0 saturated heterocycles. The van der Waals surface area contributed by atoms with Gasteiger partial charge in [0.25, 0.3) is 0 Å². The molecular weight excluding hydrogens is 199 g/mol. The maximum atomic E-state index is 14.1. The van der Waals surface area contributed by atoms with Crippen molar-refractivity contribution < 1.29 is 4.39 Å². The monoisotopic (exact) mass is 216 g/mol. The van der Waals surface area contributed by atoms with E-state index in [1.54, 1.807) is 0 Å². The molecule has 1 fully saturated rings. The fraction of sp³-hybridized carbons (Fsp3) is 0.467. The fourth-order valence-corrected chi connectivity index (χ4v) is 1.92. The molecule has 0 amide bonds. The van der Waals surface area contributed by atoms with Gasteiger partial charge in [0.1, 0.15) is 0 Å². The lowest BCUT2D eigenvalue weighted by Crippen LogP contribution is -1.98. The summed E-state index contributed by atoms with van der Waals surface area (Å²) in [6, 6.07) is 9.84. The minimum absolute atomic E-state index is 0.00262. The van der Waals surface area contributed by atoms with Crippen LogP contribution in [0.2, 0.25) is 0 Å². The largest absolute Gasteiger partial charge is 0.229 e. The molecule has 0 bridgehead atoms. The van der Waals surface area contributed by atoms with Gasteiger partial charge in [-0.3, -0.25) is 0 Å². The Morgan fingerprint density at radius 2 is 2.12 bits per heavy atom. The number of unbranched alkanes of at least 4 members (excludes halogenated alkanes) is 2. The summed E-state index contributed by atoms with van der Waals surface area (Å²) in [4.78, 5) is 0. The summed E-state index contributed by atoms with van der Waals surface area (Å²) in [5.74, 6) is 5.77. The molecule has 0 nitrogen and oxygen atoms in total. The summed E-state index contributed by atoms with van der Waals surface area (Å²) in [6.07, 6.45) is 3.58. The zero-order valence-electron chi connectivity index (χ0n) is 9.67. The van der Waals surface area contributed by atoms with Crippen molar-refractivity contribution in [3.05, 3.63) is 35.9 Å². The first kappa shape index (κ1) is 11.2. The second kappa shape index (κ2) is 4.70. The fourth-order valence-electron chi connectivity index (χ4n) is 1.92. The van der Waals surface area contributed by atoms with Crippen LogP contribution < -0.4 is 0 Å². The summed E-state index contributed by atoms with van der Waals surface area (Å²) in [7, 11) is 0. The molecule has 1 aromatic rings. The van der Waals surface area contributed by atoms with E-state index in [1.165, 1.54) is 0 Å². The van der Waals surface area contributed by atoms with E-state index in [2.05, 4.69) is 18.8 Å². The number of alkyl halides is 1. The highest BCUT2D eigenvalue weighted by Gasteiger charge is 2.55. The second-order valence-corrected chi connectivity index (χ2v) is 4.44. The first-order valence-corrected chi connectivity index (χ1v) is 6.00. The molecule has 1 aliphatic rings. The lowest BCUT2D eigenvalue weighted by molar-refractivity contribution is 0.382. The number of hydrogen-bond donors (Lipinski definition) is 0. The number of rotatable bonds is 3. The minimum atomic E-state index is -1.24. The van der Waals surface area contributed by atoms with E-state index in [-0.39, 0.29) is 5.92 Å². The van der Waals surface area contributed by atoms with Crippen LogP contribution in [0.5, 0.6) is 0 Å². The van der Waals surface area contributed by atoms with Crippen molar-refractivity contribution >= 4 is 0 Å². The molecule has 0 heterocycles. The van der Waals surface area contributed by atoms with Crippen LogP contribution in [0.3, 0.4) is 0 Å². The van der Waals surface area contributed by atoms with Gasteiger partial charge < -0.3 is 0 Å². The number of hydrogen-bond acceptors (Lipinski definition) is 0.